The summed E-state index contributed by atoms with van der Waals surface area (Å²) in [6, 6.07) is 30.5. The average molecular weight is 548 g/mol. The Balaban J connectivity index is 1.38. The molecule has 0 aliphatic rings. The summed E-state index contributed by atoms with van der Waals surface area (Å²) in [7, 11) is -3.73. The fourth-order valence-electron chi connectivity index (χ4n) is 3.32. The molecule has 8 heteroatoms. The van der Waals surface area contributed by atoms with E-state index < -0.39 is 15.9 Å². The van der Waals surface area contributed by atoms with Crippen LogP contribution in [0.5, 0.6) is 0 Å². The minimum Gasteiger partial charge on any atom is -0.280 e. The van der Waals surface area contributed by atoms with E-state index in [1.165, 1.54) is 36.4 Å². The largest absolute Gasteiger partial charge is 0.280 e. The van der Waals surface area contributed by atoms with Gasteiger partial charge in [-0.2, -0.15) is 5.10 Å². The Hall–Kier alpha value is -3.75. The van der Waals surface area contributed by atoms with Crippen LogP contribution in [0.4, 0.5) is 5.69 Å². The number of hydrogen-bond donors (Lipinski definition) is 2. The van der Waals surface area contributed by atoms with Gasteiger partial charge in [-0.15, -0.1) is 0 Å². The first kappa shape index (κ1) is 24.4. The molecule has 0 saturated carbocycles. The third-order valence-electron chi connectivity index (χ3n) is 5.26. The van der Waals surface area contributed by atoms with Gasteiger partial charge in [-0.3, -0.25) is 9.52 Å². The molecular weight excluding hydrogens is 526 g/mol. The molecule has 0 aromatic heterocycles. The number of benzene rings is 4. The Bertz CT molecular complexity index is 1450. The van der Waals surface area contributed by atoms with Crippen LogP contribution in [0.1, 0.15) is 22.8 Å². The smallest absolute Gasteiger partial charge is 0.271 e. The van der Waals surface area contributed by atoms with E-state index in [0.717, 1.165) is 21.2 Å². The highest BCUT2D eigenvalue weighted by Gasteiger charge is 2.14. The molecule has 0 unspecified atom stereocenters. The highest BCUT2D eigenvalue weighted by atomic mass is 79.9. The van der Waals surface area contributed by atoms with E-state index in [2.05, 4.69) is 31.2 Å². The first-order valence-electron chi connectivity index (χ1n) is 10.7. The van der Waals surface area contributed by atoms with Crippen molar-refractivity contribution in [2.24, 2.45) is 5.10 Å². The van der Waals surface area contributed by atoms with E-state index in [9.17, 15) is 13.2 Å². The van der Waals surface area contributed by atoms with Crippen LogP contribution < -0.4 is 10.1 Å². The summed E-state index contributed by atoms with van der Waals surface area (Å²) in [6.07, 6.45) is 0. The van der Waals surface area contributed by atoms with Crippen LogP contribution in [-0.2, 0) is 10.0 Å². The second-order valence-electron chi connectivity index (χ2n) is 7.72. The minimum atomic E-state index is -3.73. The van der Waals surface area contributed by atoms with Crippen molar-refractivity contribution in [3.8, 4) is 11.1 Å². The molecule has 35 heavy (non-hydrogen) atoms. The molecule has 0 saturated heterocycles. The van der Waals surface area contributed by atoms with Crippen LogP contribution >= 0.6 is 15.9 Å². The van der Waals surface area contributed by atoms with Crippen LogP contribution in [0, 0.1) is 0 Å². The molecule has 2 N–H and O–H groups in total. The molecular formula is C27H22BrN3O3S. The van der Waals surface area contributed by atoms with Gasteiger partial charge in [0.15, 0.2) is 0 Å². The van der Waals surface area contributed by atoms with Crippen molar-refractivity contribution < 1.29 is 13.2 Å². The summed E-state index contributed by atoms with van der Waals surface area (Å²) in [5.74, 6) is -0.396. The average Bonchev–Trinajstić information content (AvgIpc) is 2.88. The lowest BCUT2D eigenvalue weighted by Gasteiger charge is -2.09. The normalized spacial score (nSPS) is 11.7. The summed E-state index contributed by atoms with van der Waals surface area (Å²) in [4.78, 5) is 12.7. The Morgan fingerprint density at radius 1 is 0.743 bits per heavy atom. The molecule has 0 bridgehead atoms. The number of nitrogens with zero attached hydrogens (tertiary/aromatic N) is 1. The van der Waals surface area contributed by atoms with Crippen molar-refractivity contribution >= 4 is 43.3 Å². The fraction of sp³-hybridized carbons (Fsp3) is 0.0370. The molecule has 4 aromatic carbocycles. The topological polar surface area (TPSA) is 87.6 Å². The van der Waals surface area contributed by atoms with Crippen molar-refractivity contribution in [3.63, 3.8) is 0 Å². The van der Waals surface area contributed by atoms with Gasteiger partial charge < -0.3 is 0 Å². The fourth-order valence-corrected chi connectivity index (χ4v) is 4.64. The van der Waals surface area contributed by atoms with Gasteiger partial charge in [-0.1, -0.05) is 70.5 Å². The second-order valence-corrected chi connectivity index (χ2v) is 10.3. The summed E-state index contributed by atoms with van der Waals surface area (Å²) in [5.41, 5.74) is 7.04. The van der Waals surface area contributed by atoms with E-state index in [1.807, 2.05) is 61.5 Å². The number of carbonyl (C=O) groups excluding carboxylic acids is 1. The Labute approximate surface area is 212 Å². The standard InChI is InChI=1S/C27H22BrN3O3S/c1-19(20-7-9-22(10-8-20)21-5-3-2-4-6-21)29-30-27(32)23-11-15-25(16-12-23)31-35(33,34)26-17-13-24(28)14-18-26/h2-18,31H,1H3,(H,30,32)/b29-19-. The second kappa shape index (κ2) is 10.7. The number of sulfonamides is 1. The van der Waals surface area contributed by atoms with Gasteiger partial charge in [0.1, 0.15) is 0 Å². The quantitative estimate of drug-likeness (QED) is 0.217. The molecule has 0 atom stereocenters. The molecule has 0 heterocycles. The Morgan fingerprint density at radius 2 is 1.31 bits per heavy atom. The van der Waals surface area contributed by atoms with Crippen molar-refractivity contribution in [1.29, 1.82) is 0 Å². The predicted molar refractivity (Wildman–Crippen MR) is 143 cm³/mol. The molecule has 176 valence electrons. The summed E-state index contributed by atoms with van der Waals surface area (Å²) >= 11 is 3.28. The number of nitrogens with one attached hydrogen (secondary N) is 2. The highest BCUT2D eigenvalue weighted by molar-refractivity contribution is 9.10. The molecule has 4 aromatic rings. The molecule has 6 nitrogen and oxygen atoms in total. The van der Waals surface area contributed by atoms with Crippen molar-refractivity contribution in [2.75, 3.05) is 4.72 Å². The number of amides is 1. The lowest BCUT2D eigenvalue weighted by Crippen LogP contribution is -2.19. The van der Waals surface area contributed by atoms with Gasteiger partial charge in [-0.25, -0.2) is 13.8 Å². The summed E-state index contributed by atoms with van der Waals surface area (Å²) < 4.78 is 28.3. The molecule has 4 rings (SSSR count). The summed E-state index contributed by atoms with van der Waals surface area (Å²) in [5, 5.41) is 4.20. The zero-order chi connectivity index (χ0) is 24.8. The minimum absolute atomic E-state index is 0.143. The summed E-state index contributed by atoms with van der Waals surface area (Å²) in [6.45, 7) is 1.82. The van der Waals surface area contributed by atoms with Gasteiger partial charge in [-0.05, 0) is 72.1 Å². The number of carbonyl (C=O) groups is 1. The maximum absolute atomic E-state index is 12.5. The highest BCUT2D eigenvalue weighted by Crippen LogP contribution is 2.20. The van der Waals surface area contributed by atoms with E-state index in [0.29, 0.717) is 17.0 Å². The third-order valence-corrected chi connectivity index (χ3v) is 7.18. The lowest BCUT2D eigenvalue weighted by atomic mass is 10.0. The first-order chi connectivity index (χ1) is 16.8. The molecule has 0 fully saturated rings. The predicted octanol–water partition coefficient (Wildman–Crippen LogP) is 6.07. The van der Waals surface area contributed by atoms with Gasteiger partial charge in [0.2, 0.25) is 0 Å². The van der Waals surface area contributed by atoms with Crippen LogP contribution in [-0.4, -0.2) is 20.0 Å². The number of hydrogen-bond acceptors (Lipinski definition) is 4. The van der Waals surface area contributed by atoms with Crippen LogP contribution in [0.2, 0.25) is 0 Å². The lowest BCUT2D eigenvalue weighted by molar-refractivity contribution is 0.0955. The molecule has 0 radical (unpaired) electrons. The SMILES string of the molecule is C/C(=N/NC(=O)c1ccc(NS(=O)(=O)c2ccc(Br)cc2)cc1)c1ccc(-c2ccccc2)cc1. The van der Waals surface area contributed by atoms with Crippen LogP contribution in [0.15, 0.2) is 118 Å². The molecule has 0 aliphatic heterocycles. The van der Waals surface area contributed by atoms with Crippen LogP contribution in [0.3, 0.4) is 0 Å². The van der Waals surface area contributed by atoms with E-state index in [1.54, 1.807) is 12.1 Å². The monoisotopic (exact) mass is 547 g/mol. The van der Waals surface area contributed by atoms with E-state index >= 15 is 0 Å². The van der Waals surface area contributed by atoms with E-state index in [4.69, 9.17) is 0 Å². The van der Waals surface area contributed by atoms with Gasteiger partial charge in [0, 0.05) is 15.7 Å². The zero-order valence-electron chi connectivity index (χ0n) is 18.8. The maximum Gasteiger partial charge on any atom is 0.271 e. The zero-order valence-corrected chi connectivity index (χ0v) is 21.2. The van der Waals surface area contributed by atoms with Crippen LogP contribution in [0.25, 0.3) is 11.1 Å². The molecule has 0 aliphatic carbocycles. The first-order valence-corrected chi connectivity index (χ1v) is 13.0. The van der Waals surface area contributed by atoms with Crippen molar-refractivity contribution in [3.05, 3.63) is 119 Å². The number of rotatable bonds is 7. The van der Waals surface area contributed by atoms with Gasteiger partial charge in [0.25, 0.3) is 15.9 Å². The number of halogens is 1. The maximum atomic E-state index is 12.5. The third kappa shape index (κ3) is 6.23. The molecule has 0 spiro atoms. The van der Waals surface area contributed by atoms with Gasteiger partial charge in [0.05, 0.1) is 10.6 Å². The van der Waals surface area contributed by atoms with Crippen molar-refractivity contribution in [1.82, 2.24) is 5.43 Å². The Kier molecular flexibility index (Phi) is 7.43. The Morgan fingerprint density at radius 3 is 1.94 bits per heavy atom. The van der Waals surface area contributed by atoms with Gasteiger partial charge >= 0.3 is 0 Å². The number of hydrazone groups is 1. The van der Waals surface area contributed by atoms with E-state index in [-0.39, 0.29) is 4.90 Å². The molecule has 1 amide bonds. The number of anilines is 1. The van der Waals surface area contributed by atoms with Crippen molar-refractivity contribution in [2.45, 2.75) is 11.8 Å².